The van der Waals surface area contributed by atoms with Crippen LogP contribution in [-0.2, 0) is 9.53 Å². The first-order valence-corrected chi connectivity index (χ1v) is 7.85. The number of halogens is 1. The Balaban J connectivity index is 1.55. The highest BCUT2D eigenvalue weighted by molar-refractivity contribution is 9.09. The van der Waals surface area contributed by atoms with Crippen molar-refractivity contribution < 1.29 is 9.53 Å². The summed E-state index contributed by atoms with van der Waals surface area (Å²) in [5.74, 6) is 2.14. The summed E-state index contributed by atoms with van der Waals surface area (Å²) in [5.41, 5.74) is 0. The minimum Gasteiger partial charge on any atom is -0.381 e. The van der Waals surface area contributed by atoms with Crippen molar-refractivity contribution in [3.63, 3.8) is 0 Å². The molecule has 1 amide bonds. The fourth-order valence-corrected chi connectivity index (χ4v) is 3.47. The molecule has 0 saturated heterocycles. The number of ether oxygens (including phenoxy) is 1. The highest BCUT2D eigenvalue weighted by atomic mass is 79.9. The minimum absolute atomic E-state index is 0.290. The molecule has 0 aliphatic heterocycles. The van der Waals surface area contributed by atoms with E-state index in [1.807, 2.05) is 0 Å². The van der Waals surface area contributed by atoms with E-state index < -0.39 is 0 Å². The number of amides is 1. The fourth-order valence-electron chi connectivity index (χ4n) is 3.24. The van der Waals surface area contributed by atoms with E-state index in [0.717, 1.165) is 43.8 Å². The topological polar surface area (TPSA) is 38.3 Å². The first-order valence-electron chi connectivity index (χ1n) is 6.72. The zero-order valence-electron chi connectivity index (χ0n) is 10.3. The lowest BCUT2D eigenvalue weighted by Crippen LogP contribution is -2.34. The maximum atomic E-state index is 12.0. The third-order valence-corrected chi connectivity index (χ3v) is 4.38. The van der Waals surface area contributed by atoms with Crippen molar-refractivity contribution >= 4 is 21.8 Å². The predicted molar refractivity (Wildman–Crippen MR) is 71.2 cm³/mol. The van der Waals surface area contributed by atoms with E-state index in [4.69, 9.17) is 4.74 Å². The highest BCUT2D eigenvalue weighted by Gasteiger charge is 2.42. The predicted octanol–water partition coefficient (Wildman–Crippen LogP) is 2.34. The lowest BCUT2D eigenvalue weighted by atomic mass is 9.88. The first kappa shape index (κ1) is 13.3. The summed E-state index contributed by atoms with van der Waals surface area (Å²) in [6.07, 6.45) is 5.98. The van der Waals surface area contributed by atoms with E-state index in [9.17, 15) is 4.79 Å². The van der Waals surface area contributed by atoms with E-state index >= 15 is 0 Å². The molecular formula is C13H22BrNO2. The van der Waals surface area contributed by atoms with Gasteiger partial charge < -0.3 is 10.1 Å². The average molecular weight is 304 g/mol. The van der Waals surface area contributed by atoms with Gasteiger partial charge in [-0.25, -0.2) is 0 Å². The molecule has 3 nitrogen and oxygen atoms in total. The van der Waals surface area contributed by atoms with Gasteiger partial charge in [0.05, 0.1) is 6.61 Å². The van der Waals surface area contributed by atoms with Gasteiger partial charge in [0.25, 0.3) is 0 Å². The summed E-state index contributed by atoms with van der Waals surface area (Å²) >= 11 is 3.31. The summed E-state index contributed by atoms with van der Waals surface area (Å²) in [4.78, 5) is 12.0. The van der Waals surface area contributed by atoms with Crippen molar-refractivity contribution in [1.29, 1.82) is 0 Å². The Morgan fingerprint density at radius 1 is 1.29 bits per heavy atom. The molecule has 0 aromatic rings. The molecule has 2 saturated carbocycles. The number of hydrogen-bond acceptors (Lipinski definition) is 2. The van der Waals surface area contributed by atoms with Crippen LogP contribution >= 0.6 is 15.9 Å². The largest absolute Gasteiger partial charge is 0.381 e. The molecule has 0 aromatic heterocycles. The number of hydrogen-bond donors (Lipinski definition) is 1. The third kappa shape index (κ3) is 3.68. The number of carbonyl (C=O) groups is 1. The fraction of sp³-hybridized carbons (Fsp3) is 0.923. The number of nitrogens with one attached hydrogen (secondary N) is 1. The average Bonchev–Trinajstić information content (AvgIpc) is 2.95. The lowest BCUT2D eigenvalue weighted by molar-refractivity contribution is -0.126. The second-order valence-corrected chi connectivity index (χ2v) is 6.02. The van der Waals surface area contributed by atoms with Crippen LogP contribution in [0.25, 0.3) is 0 Å². The van der Waals surface area contributed by atoms with Crippen LogP contribution in [0.2, 0.25) is 0 Å². The van der Waals surface area contributed by atoms with E-state index in [1.165, 1.54) is 19.3 Å². The van der Waals surface area contributed by atoms with Crippen molar-refractivity contribution in [1.82, 2.24) is 5.32 Å². The molecule has 98 valence electrons. The van der Waals surface area contributed by atoms with Gasteiger partial charge in [-0.05, 0) is 37.5 Å². The Morgan fingerprint density at radius 2 is 2.18 bits per heavy atom. The second-order valence-electron chi connectivity index (χ2n) is 5.23. The number of rotatable bonds is 7. The molecule has 1 N–H and O–H groups in total. The van der Waals surface area contributed by atoms with Crippen LogP contribution in [0.1, 0.15) is 32.1 Å². The molecule has 0 aromatic carbocycles. The van der Waals surface area contributed by atoms with E-state index in [2.05, 4.69) is 21.2 Å². The number of carbonyl (C=O) groups excluding carboxylic acids is 1. The van der Waals surface area contributed by atoms with E-state index in [0.29, 0.717) is 11.8 Å². The summed E-state index contributed by atoms with van der Waals surface area (Å²) in [6.45, 7) is 2.25. The Hall–Kier alpha value is -0.0900. The van der Waals surface area contributed by atoms with Gasteiger partial charge in [-0.15, -0.1) is 0 Å². The minimum atomic E-state index is 0.290. The van der Waals surface area contributed by atoms with Crippen molar-refractivity contribution in [2.45, 2.75) is 32.1 Å². The van der Waals surface area contributed by atoms with Gasteiger partial charge in [0.1, 0.15) is 0 Å². The standard InChI is InChI=1S/C13H22BrNO2/c14-4-7-17-6-1-5-15-13(16)12-9-10-2-3-11(12)8-10/h10-12H,1-9H2,(H,15,16). The van der Waals surface area contributed by atoms with Crippen molar-refractivity contribution in [3.05, 3.63) is 0 Å². The Bertz CT molecular complexity index is 260. The van der Waals surface area contributed by atoms with Gasteiger partial charge >= 0.3 is 0 Å². The van der Waals surface area contributed by atoms with Crippen molar-refractivity contribution in [2.24, 2.45) is 17.8 Å². The summed E-state index contributed by atoms with van der Waals surface area (Å²) in [7, 11) is 0. The molecule has 3 unspecified atom stereocenters. The maximum absolute atomic E-state index is 12.0. The van der Waals surface area contributed by atoms with Gasteiger partial charge in [-0.1, -0.05) is 22.4 Å². The molecule has 2 rings (SSSR count). The van der Waals surface area contributed by atoms with E-state index in [-0.39, 0.29) is 5.91 Å². The molecule has 17 heavy (non-hydrogen) atoms. The molecule has 0 radical (unpaired) electrons. The van der Waals surface area contributed by atoms with Crippen LogP contribution in [-0.4, -0.2) is 31.0 Å². The third-order valence-electron chi connectivity index (χ3n) is 4.06. The summed E-state index contributed by atoms with van der Waals surface area (Å²) < 4.78 is 5.34. The lowest BCUT2D eigenvalue weighted by Gasteiger charge is -2.20. The molecular weight excluding hydrogens is 282 g/mol. The van der Waals surface area contributed by atoms with Crippen molar-refractivity contribution in [3.8, 4) is 0 Å². The Labute approximate surface area is 112 Å². The molecule has 2 aliphatic carbocycles. The van der Waals surface area contributed by atoms with Crippen LogP contribution in [0.15, 0.2) is 0 Å². The Kier molecular flexibility index (Phi) is 5.29. The highest BCUT2D eigenvalue weighted by Crippen LogP contribution is 2.48. The van der Waals surface area contributed by atoms with Gasteiger partial charge in [0.2, 0.25) is 5.91 Å². The second kappa shape index (κ2) is 6.74. The van der Waals surface area contributed by atoms with Crippen LogP contribution in [0.4, 0.5) is 0 Å². The van der Waals surface area contributed by atoms with Crippen molar-refractivity contribution in [2.75, 3.05) is 25.1 Å². The van der Waals surface area contributed by atoms with E-state index in [1.54, 1.807) is 0 Å². The zero-order chi connectivity index (χ0) is 12.1. The molecule has 0 heterocycles. The quantitative estimate of drug-likeness (QED) is 0.579. The smallest absolute Gasteiger partial charge is 0.223 e. The number of fused-ring (bicyclic) bond motifs is 2. The SMILES string of the molecule is O=C(NCCCOCCBr)C1CC2CCC1C2. The molecule has 0 spiro atoms. The molecule has 2 aliphatic rings. The molecule has 4 heteroatoms. The monoisotopic (exact) mass is 303 g/mol. The van der Waals surface area contributed by atoms with Gasteiger partial charge in [0.15, 0.2) is 0 Å². The normalized spacial score (nSPS) is 30.8. The van der Waals surface area contributed by atoms with Gasteiger partial charge in [-0.2, -0.15) is 0 Å². The van der Waals surface area contributed by atoms with Gasteiger partial charge in [-0.3, -0.25) is 4.79 Å². The molecule has 3 atom stereocenters. The number of alkyl halides is 1. The van der Waals surface area contributed by atoms with Gasteiger partial charge in [0, 0.05) is 24.4 Å². The maximum Gasteiger partial charge on any atom is 0.223 e. The first-order chi connectivity index (χ1) is 8.31. The van der Waals surface area contributed by atoms with Crippen LogP contribution < -0.4 is 5.32 Å². The summed E-state index contributed by atoms with van der Waals surface area (Å²) in [6, 6.07) is 0. The van der Waals surface area contributed by atoms with Crippen LogP contribution in [0.5, 0.6) is 0 Å². The Morgan fingerprint density at radius 3 is 2.82 bits per heavy atom. The zero-order valence-corrected chi connectivity index (χ0v) is 11.9. The van der Waals surface area contributed by atoms with Crippen LogP contribution in [0.3, 0.4) is 0 Å². The van der Waals surface area contributed by atoms with Crippen LogP contribution in [0, 0.1) is 17.8 Å². The molecule has 2 fully saturated rings. The molecule has 2 bridgehead atoms. The summed E-state index contributed by atoms with van der Waals surface area (Å²) in [5, 5.41) is 3.94.